The summed E-state index contributed by atoms with van der Waals surface area (Å²) in [4.78, 5) is 0. The number of nitrogens with two attached hydrogens (primary N) is 1. The molecule has 106 valence electrons. The van der Waals surface area contributed by atoms with E-state index in [4.69, 9.17) is 22.1 Å². The summed E-state index contributed by atoms with van der Waals surface area (Å²) in [6, 6.07) is 15.7. The lowest BCUT2D eigenvalue weighted by Crippen LogP contribution is -1.94. The monoisotopic (exact) mass is 317 g/mol. The number of benzene rings is 2. The number of rotatable bonds is 4. The van der Waals surface area contributed by atoms with Gasteiger partial charge in [-0.3, -0.25) is 0 Å². The van der Waals surface area contributed by atoms with Crippen LogP contribution >= 0.6 is 22.9 Å². The Balaban J connectivity index is 1.84. The fourth-order valence-electron chi connectivity index (χ4n) is 1.85. The van der Waals surface area contributed by atoms with Crippen molar-refractivity contribution in [3.8, 4) is 22.1 Å². The second kappa shape index (κ2) is 6.22. The molecule has 0 bridgehead atoms. The Labute approximate surface area is 131 Å². The maximum atomic E-state index is 6.28. The molecule has 4 nitrogen and oxygen atoms in total. The third kappa shape index (κ3) is 3.21. The van der Waals surface area contributed by atoms with Crippen LogP contribution in [0.3, 0.4) is 0 Å². The highest BCUT2D eigenvalue weighted by molar-refractivity contribution is 7.13. The fraction of sp³-hybridized carbons (Fsp3) is 0.0667. The molecule has 0 aliphatic heterocycles. The topological polar surface area (TPSA) is 61.0 Å². The van der Waals surface area contributed by atoms with Crippen molar-refractivity contribution in [1.82, 2.24) is 10.2 Å². The molecule has 0 saturated carbocycles. The van der Waals surface area contributed by atoms with Gasteiger partial charge in [-0.05, 0) is 23.3 Å². The van der Waals surface area contributed by atoms with E-state index in [-0.39, 0.29) is 0 Å². The van der Waals surface area contributed by atoms with E-state index < -0.39 is 0 Å². The molecule has 1 heterocycles. The molecule has 3 rings (SSSR count). The van der Waals surface area contributed by atoms with Crippen molar-refractivity contribution in [2.75, 3.05) is 0 Å². The predicted molar refractivity (Wildman–Crippen MR) is 84.8 cm³/mol. The molecule has 1 aromatic heterocycles. The van der Waals surface area contributed by atoms with Crippen molar-refractivity contribution in [2.45, 2.75) is 6.54 Å². The average molecular weight is 318 g/mol. The maximum Gasteiger partial charge on any atom is 0.299 e. The van der Waals surface area contributed by atoms with Gasteiger partial charge >= 0.3 is 0 Å². The van der Waals surface area contributed by atoms with E-state index in [0.29, 0.717) is 22.5 Å². The van der Waals surface area contributed by atoms with Gasteiger partial charge in [0.1, 0.15) is 10.8 Å². The first-order valence-corrected chi connectivity index (χ1v) is 7.51. The highest BCUT2D eigenvalue weighted by Crippen LogP contribution is 2.34. The van der Waals surface area contributed by atoms with Crippen LogP contribution in [0.15, 0.2) is 48.5 Å². The third-order valence-electron chi connectivity index (χ3n) is 2.86. The highest BCUT2D eigenvalue weighted by Gasteiger charge is 2.09. The highest BCUT2D eigenvalue weighted by atomic mass is 35.5. The molecule has 0 radical (unpaired) electrons. The molecule has 0 fully saturated rings. The summed E-state index contributed by atoms with van der Waals surface area (Å²) in [5, 5.41) is 9.50. The molecule has 2 N–H and O–H groups in total. The minimum Gasteiger partial charge on any atom is -0.428 e. The zero-order chi connectivity index (χ0) is 14.7. The number of nitrogens with zero attached hydrogens (tertiary/aromatic N) is 2. The molecule has 2 aromatic carbocycles. The Bertz CT molecular complexity index is 746. The molecule has 0 saturated heterocycles. The maximum absolute atomic E-state index is 6.28. The van der Waals surface area contributed by atoms with Crippen LogP contribution in [-0.4, -0.2) is 10.2 Å². The Morgan fingerprint density at radius 1 is 1.05 bits per heavy atom. The summed E-state index contributed by atoms with van der Waals surface area (Å²) in [6.07, 6.45) is 0. The number of aromatic nitrogens is 2. The van der Waals surface area contributed by atoms with E-state index in [2.05, 4.69) is 10.2 Å². The number of halogens is 1. The molecule has 0 unspecified atom stereocenters. The van der Waals surface area contributed by atoms with E-state index in [0.717, 1.165) is 16.1 Å². The second-order valence-electron chi connectivity index (χ2n) is 4.28. The normalized spacial score (nSPS) is 10.6. The summed E-state index contributed by atoms with van der Waals surface area (Å²) in [7, 11) is 0. The predicted octanol–water partition coefficient (Wildman–Crippen LogP) is 4.11. The van der Waals surface area contributed by atoms with Gasteiger partial charge in [0.15, 0.2) is 0 Å². The summed E-state index contributed by atoms with van der Waals surface area (Å²) in [5.41, 5.74) is 7.64. The molecule has 0 atom stereocenters. The SMILES string of the molecule is NCc1nnc(Oc2ccc(-c3ccccc3)cc2Cl)s1. The van der Waals surface area contributed by atoms with Gasteiger partial charge in [0.05, 0.1) is 5.02 Å². The first kappa shape index (κ1) is 14.0. The first-order chi connectivity index (χ1) is 10.3. The van der Waals surface area contributed by atoms with Crippen LogP contribution in [0.1, 0.15) is 5.01 Å². The van der Waals surface area contributed by atoms with E-state index in [1.165, 1.54) is 11.3 Å². The zero-order valence-electron chi connectivity index (χ0n) is 11.0. The van der Waals surface area contributed by atoms with Gasteiger partial charge in [-0.25, -0.2) is 0 Å². The molecule has 0 amide bonds. The van der Waals surface area contributed by atoms with Crippen LogP contribution in [0.4, 0.5) is 0 Å². The first-order valence-electron chi connectivity index (χ1n) is 6.31. The third-order valence-corrected chi connectivity index (χ3v) is 3.98. The van der Waals surface area contributed by atoms with Gasteiger partial charge in [-0.2, -0.15) is 0 Å². The van der Waals surface area contributed by atoms with Crippen molar-refractivity contribution in [1.29, 1.82) is 0 Å². The van der Waals surface area contributed by atoms with Gasteiger partial charge in [0.25, 0.3) is 5.19 Å². The Morgan fingerprint density at radius 2 is 1.86 bits per heavy atom. The molecule has 0 aliphatic rings. The van der Waals surface area contributed by atoms with Crippen molar-refractivity contribution in [3.63, 3.8) is 0 Å². The Morgan fingerprint density at radius 3 is 2.52 bits per heavy atom. The Hall–Kier alpha value is -1.95. The van der Waals surface area contributed by atoms with Crippen LogP contribution in [-0.2, 0) is 6.54 Å². The van der Waals surface area contributed by atoms with E-state index >= 15 is 0 Å². The van der Waals surface area contributed by atoms with Gasteiger partial charge in [-0.1, -0.05) is 64.4 Å². The molecule has 0 spiro atoms. The smallest absolute Gasteiger partial charge is 0.299 e. The number of hydrogen-bond donors (Lipinski definition) is 1. The molecular formula is C15H12ClN3OS. The van der Waals surface area contributed by atoms with Crippen molar-refractivity contribution < 1.29 is 4.74 Å². The van der Waals surface area contributed by atoms with Crippen LogP contribution in [0.25, 0.3) is 11.1 Å². The minimum absolute atomic E-state index is 0.349. The van der Waals surface area contributed by atoms with Gasteiger partial charge in [-0.15, -0.1) is 5.10 Å². The summed E-state index contributed by atoms with van der Waals surface area (Å²) < 4.78 is 5.64. The van der Waals surface area contributed by atoms with Crippen LogP contribution in [0, 0.1) is 0 Å². The van der Waals surface area contributed by atoms with Gasteiger partial charge < -0.3 is 10.5 Å². The second-order valence-corrected chi connectivity index (χ2v) is 5.71. The Kier molecular flexibility index (Phi) is 4.15. The van der Waals surface area contributed by atoms with E-state index in [1.54, 1.807) is 0 Å². The van der Waals surface area contributed by atoms with Gasteiger partial charge in [0.2, 0.25) is 0 Å². The quantitative estimate of drug-likeness (QED) is 0.786. The van der Waals surface area contributed by atoms with Crippen LogP contribution in [0.2, 0.25) is 5.02 Å². The lowest BCUT2D eigenvalue weighted by atomic mass is 10.1. The molecule has 21 heavy (non-hydrogen) atoms. The van der Waals surface area contributed by atoms with Gasteiger partial charge in [0, 0.05) is 6.54 Å². The average Bonchev–Trinajstić information content (AvgIpc) is 2.98. The van der Waals surface area contributed by atoms with Crippen molar-refractivity contribution in [2.24, 2.45) is 5.73 Å². The van der Waals surface area contributed by atoms with E-state index in [1.807, 2.05) is 48.5 Å². The standard InChI is InChI=1S/C15H12ClN3OS/c16-12-8-11(10-4-2-1-3-5-10)6-7-13(12)20-15-19-18-14(9-17)21-15/h1-8H,9,17H2. The number of ether oxygens (including phenoxy) is 1. The minimum atomic E-state index is 0.349. The molecule has 3 aromatic rings. The van der Waals surface area contributed by atoms with Crippen LogP contribution in [0.5, 0.6) is 10.9 Å². The largest absolute Gasteiger partial charge is 0.428 e. The zero-order valence-corrected chi connectivity index (χ0v) is 12.6. The number of hydrogen-bond acceptors (Lipinski definition) is 5. The fourth-order valence-corrected chi connectivity index (χ4v) is 2.65. The molecule has 6 heteroatoms. The van der Waals surface area contributed by atoms with E-state index in [9.17, 15) is 0 Å². The summed E-state index contributed by atoms with van der Waals surface area (Å²) in [5.74, 6) is 0.552. The van der Waals surface area contributed by atoms with Crippen molar-refractivity contribution >= 4 is 22.9 Å². The van der Waals surface area contributed by atoms with Crippen LogP contribution < -0.4 is 10.5 Å². The molecule has 0 aliphatic carbocycles. The summed E-state index contributed by atoms with van der Waals surface area (Å²) >= 11 is 7.59. The lowest BCUT2D eigenvalue weighted by Gasteiger charge is -2.07. The molecular weight excluding hydrogens is 306 g/mol. The lowest BCUT2D eigenvalue weighted by molar-refractivity contribution is 0.473. The summed E-state index contributed by atoms with van der Waals surface area (Å²) in [6.45, 7) is 0.349. The van der Waals surface area contributed by atoms with Crippen molar-refractivity contribution in [3.05, 3.63) is 58.6 Å².